The van der Waals surface area contributed by atoms with E-state index in [0.29, 0.717) is 6.04 Å². The molecule has 0 spiro atoms. The van der Waals surface area contributed by atoms with Gasteiger partial charge in [-0.1, -0.05) is 6.92 Å². The highest BCUT2D eigenvalue weighted by Crippen LogP contribution is 2.21. The van der Waals surface area contributed by atoms with Crippen molar-refractivity contribution in [2.24, 2.45) is 0 Å². The molecule has 0 atom stereocenters. The van der Waals surface area contributed by atoms with Crippen molar-refractivity contribution in [3.63, 3.8) is 0 Å². The summed E-state index contributed by atoms with van der Waals surface area (Å²) in [6, 6.07) is 4.40. The van der Waals surface area contributed by atoms with Crippen LogP contribution in [-0.4, -0.2) is 47.7 Å². The molecule has 1 aromatic heterocycles. The number of aliphatic hydroxyl groups excluding tert-OH is 1. The van der Waals surface area contributed by atoms with Gasteiger partial charge in [-0.05, 0) is 37.1 Å². The van der Waals surface area contributed by atoms with E-state index >= 15 is 0 Å². The molecule has 1 fully saturated rings. The van der Waals surface area contributed by atoms with E-state index in [-0.39, 0.29) is 6.61 Å². The van der Waals surface area contributed by atoms with Gasteiger partial charge >= 0.3 is 0 Å². The highest BCUT2D eigenvalue weighted by atomic mass is 16.3. The van der Waals surface area contributed by atoms with Crippen LogP contribution in [0, 0.1) is 0 Å². The van der Waals surface area contributed by atoms with Crippen LogP contribution in [0.15, 0.2) is 18.3 Å². The molecule has 18 heavy (non-hydrogen) atoms. The third-order valence-corrected chi connectivity index (χ3v) is 3.91. The fraction of sp³-hybridized carbons (Fsp3) is 0.643. The van der Waals surface area contributed by atoms with Crippen LogP contribution in [0.1, 0.15) is 25.3 Å². The number of piperidine rings is 1. The molecule has 0 radical (unpaired) electrons. The zero-order valence-electron chi connectivity index (χ0n) is 11.3. The van der Waals surface area contributed by atoms with E-state index < -0.39 is 0 Å². The van der Waals surface area contributed by atoms with Gasteiger partial charge in [-0.2, -0.15) is 0 Å². The Kier molecular flexibility index (Phi) is 4.55. The molecule has 0 aromatic carbocycles. The minimum absolute atomic E-state index is 0.0810. The van der Waals surface area contributed by atoms with E-state index in [4.69, 9.17) is 5.11 Å². The number of hydrogen-bond donors (Lipinski definition) is 1. The second-order valence-corrected chi connectivity index (χ2v) is 4.96. The summed E-state index contributed by atoms with van der Waals surface area (Å²) in [6.45, 7) is 5.79. The summed E-state index contributed by atoms with van der Waals surface area (Å²) in [5.41, 5.74) is 0.929. The summed E-state index contributed by atoms with van der Waals surface area (Å²) >= 11 is 0. The molecule has 1 saturated heterocycles. The van der Waals surface area contributed by atoms with Gasteiger partial charge in [-0.25, -0.2) is 4.98 Å². The molecular weight excluding hydrogens is 226 g/mol. The molecule has 4 nitrogen and oxygen atoms in total. The van der Waals surface area contributed by atoms with Crippen molar-refractivity contribution < 1.29 is 5.11 Å². The molecule has 2 heterocycles. The first kappa shape index (κ1) is 13.3. The molecule has 1 aliphatic heterocycles. The van der Waals surface area contributed by atoms with Crippen molar-refractivity contribution in [2.75, 3.05) is 31.6 Å². The van der Waals surface area contributed by atoms with Crippen LogP contribution in [0.25, 0.3) is 0 Å². The van der Waals surface area contributed by atoms with Crippen molar-refractivity contribution in [1.29, 1.82) is 0 Å². The zero-order chi connectivity index (χ0) is 13.0. The SMILES string of the molecule is CCN1CCC(N(C)c2cc(CO)ccn2)CC1. The second kappa shape index (κ2) is 6.16. The summed E-state index contributed by atoms with van der Waals surface area (Å²) in [5.74, 6) is 0.969. The highest BCUT2D eigenvalue weighted by molar-refractivity contribution is 5.41. The molecule has 4 heteroatoms. The lowest BCUT2D eigenvalue weighted by molar-refractivity contribution is 0.220. The monoisotopic (exact) mass is 249 g/mol. The average Bonchev–Trinajstić information content (AvgIpc) is 2.46. The summed E-state index contributed by atoms with van der Waals surface area (Å²) in [7, 11) is 2.11. The summed E-state index contributed by atoms with van der Waals surface area (Å²) in [5, 5.41) is 9.17. The first-order valence-electron chi connectivity index (χ1n) is 6.75. The Labute approximate surface area is 109 Å². The topological polar surface area (TPSA) is 39.6 Å². The Morgan fingerprint density at radius 1 is 1.44 bits per heavy atom. The van der Waals surface area contributed by atoms with Gasteiger partial charge in [0.25, 0.3) is 0 Å². The molecule has 0 aliphatic carbocycles. The lowest BCUT2D eigenvalue weighted by atomic mass is 10.0. The number of nitrogens with zero attached hydrogens (tertiary/aromatic N) is 3. The molecule has 1 aliphatic rings. The molecule has 100 valence electrons. The summed E-state index contributed by atoms with van der Waals surface area (Å²) in [4.78, 5) is 9.15. The van der Waals surface area contributed by atoms with E-state index in [2.05, 4.69) is 28.8 Å². The van der Waals surface area contributed by atoms with Crippen LogP contribution in [0.5, 0.6) is 0 Å². The Balaban J connectivity index is 2.00. The number of aliphatic hydroxyl groups is 1. The molecule has 0 saturated carbocycles. The predicted molar refractivity (Wildman–Crippen MR) is 73.7 cm³/mol. The normalized spacial score (nSPS) is 17.9. The maximum absolute atomic E-state index is 9.17. The van der Waals surface area contributed by atoms with Crippen molar-refractivity contribution in [3.8, 4) is 0 Å². The number of aromatic nitrogens is 1. The van der Waals surface area contributed by atoms with Crippen molar-refractivity contribution >= 4 is 5.82 Å². The smallest absolute Gasteiger partial charge is 0.128 e. The third-order valence-electron chi connectivity index (χ3n) is 3.91. The Hall–Kier alpha value is -1.13. The number of anilines is 1. The van der Waals surface area contributed by atoms with E-state index in [1.54, 1.807) is 6.20 Å². The third kappa shape index (κ3) is 3.00. The van der Waals surface area contributed by atoms with Gasteiger partial charge in [0.1, 0.15) is 5.82 Å². The Morgan fingerprint density at radius 3 is 2.78 bits per heavy atom. The number of pyridine rings is 1. The van der Waals surface area contributed by atoms with Gasteiger partial charge < -0.3 is 14.9 Å². The second-order valence-electron chi connectivity index (χ2n) is 4.96. The molecule has 0 unspecified atom stereocenters. The van der Waals surface area contributed by atoms with Crippen LogP contribution in [0.4, 0.5) is 5.82 Å². The fourth-order valence-corrected chi connectivity index (χ4v) is 2.56. The van der Waals surface area contributed by atoms with Crippen molar-refractivity contribution in [3.05, 3.63) is 23.9 Å². The minimum atomic E-state index is 0.0810. The van der Waals surface area contributed by atoms with Crippen LogP contribution in [0.3, 0.4) is 0 Å². The number of likely N-dealkylation sites (tertiary alicyclic amines) is 1. The first-order valence-corrected chi connectivity index (χ1v) is 6.75. The van der Waals surface area contributed by atoms with E-state index in [0.717, 1.165) is 17.9 Å². The molecule has 2 rings (SSSR count). The highest BCUT2D eigenvalue weighted by Gasteiger charge is 2.22. The van der Waals surface area contributed by atoms with Crippen LogP contribution in [-0.2, 0) is 6.61 Å². The largest absolute Gasteiger partial charge is 0.392 e. The van der Waals surface area contributed by atoms with Crippen LogP contribution in [0.2, 0.25) is 0 Å². The maximum atomic E-state index is 9.17. The van der Waals surface area contributed by atoms with Gasteiger partial charge in [0.2, 0.25) is 0 Å². The molecule has 1 N–H and O–H groups in total. The van der Waals surface area contributed by atoms with Gasteiger partial charge in [-0.15, -0.1) is 0 Å². The van der Waals surface area contributed by atoms with E-state index in [1.165, 1.54) is 25.9 Å². The van der Waals surface area contributed by atoms with Gasteiger partial charge in [0, 0.05) is 32.4 Å². The van der Waals surface area contributed by atoms with E-state index in [9.17, 15) is 0 Å². The zero-order valence-corrected chi connectivity index (χ0v) is 11.3. The van der Waals surface area contributed by atoms with Crippen molar-refractivity contribution in [2.45, 2.75) is 32.4 Å². The van der Waals surface area contributed by atoms with Gasteiger partial charge in [0.15, 0.2) is 0 Å². The Bertz CT molecular complexity index is 375. The number of rotatable bonds is 4. The predicted octanol–water partition coefficient (Wildman–Crippen LogP) is 1.49. The minimum Gasteiger partial charge on any atom is -0.392 e. The van der Waals surface area contributed by atoms with Gasteiger partial charge in [-0.3, -0.25) is 0 Å². The fourth-order valence-electron chi connectivity index (χ4n) is 2.56. The quantitative estimate of drug-likeness (QED) is 0.877. The average molecular weight is 249 g/mol. The summed E-state index contributed by atoms with van der Waals surface area (Å²) in [6.07, 6.45) is 4.16. The lowest BCUT2D eigenvalue weighted by Crippen LogP contribution is -2.43. The standard InChI is InChI=1S/C14H23N3O/c1-3-17-8-5-13(6-9-17)16(2)14-10-12(11-18)4-7-15-14/h4,7,10,13,18H,3,5-6,8-9,11H2,1-2H3. The maximum Gasteiger partial charge on any atom is 0.128 e. The Morgan fingerprint density at radius 2 is 2.17 bits per heavy atom. The molecule has 1 aromatic rings. The summed E-state index contributed by atoms with van der Waals surface area (Å²) < 4.78 is 0. The molecular formula is C14H23N3O. The lowest BCUT2D eigenvalue weighted by Gasteiger charge is -2.36. The first-order chi connectivity index (χ1) is 8.74. The number of hydrogen-bond acceptors (Lipinski definition) is 4. The van der Waals surface area contributed by atoms with Gasteiger partial charge in [0.05, 0.1) is 6.61 Å². The van der Waals surface area contributed by atoms with Crippen molar-refractivity contribution in [1.82, 2.24) is 9.88 Å². The molecule has 0 bridgehead atoms. The van der Waals surface area contributed by atoms with Crippen LogP contribution < -0.4 is 4.90 Å². The van der Waals surface area contributed by atoms with E-state index in [1.807, 2.05) is 12.1 Å². The van der Waals surface area contributed by atoms with Crippen LogP contribution >= 0.6 is 0 Å². The molecule has 0 amide bonds.